The van der Waals surface area contributed by atoms with Gasteiger partial charge in [-0.3, -0.25) is 4.79 Å². The molecule has 0 aliphatic rings. The van der Waals surface area contributed by atoms with Crippen molar-refractivity contribution in [2.75, 3.05) is 7.05 Å². The molecule has 0 atom stereocenters. The minimum atomic E-state index is 0.0452. The highest BCUT2D eigenvalue weighted by Crippen LogP contribution is 2.41. The van der Waals surface area contributed by atoms with Crippen LogP contribution in [0.3, 0.4) is 0 Å². The molecule has 0 aromatic heterocycles. The van der Waals surface area contributed by atoms with Crippen LogP contribution in [0.5, 0.6) is 0 Å². The number of rotatable bonds is 5. The van der Waals surface area contributed by atoms with E-state index >= 15 is 0 Å². The van der Waals surface area contributed by atoms with Gasteiger partial charge < -0.3 is 4.90 Å². The molecule has 0 heterocycles. The zero-order valence-corrected chi connectivity index (χ0v) is 14.9. The van der Waals surface area contributed by atoms with Crippen molar-refractivity contribution in [3.63, 3.8) is 0 Å². The molecule has 1 aromatic carbocycles. The second-order valence-electron chi connectivity index (χ2n) is 6.24. The summed E-state index contributed by atoms with van der Waals surface area (Å²) in [5.74, 6) is 0.233. The Hall–Kier alpha value is -0.610. The first-order chi connectivity index (χ1) is 9.20. The normalized spacial score (nSPS) is 11.8. The Bertz CT molecular complexity index is 452. The maximum Gasteiger partial charge on any atom is 0.225 e. The van der Waals surface area contributed by atoms with Gasteiger partial charge in [0.15, 0.2) is 0 Å². The van der Waals surface area contributed by atoms with Crippen molar-refractivity contribution in [2.24, 2.45) is 5.92 Å². The first-order valence-corrected chi connectivity index (χ1v) is 9.04. The fourth-order valence-electron chi connectivity index (χ4n) is 1.66. The third-order valence-corrected chi connectivity index (χ3v) is 6.08. The van der Waals surface area contributed by atoms with E-state index in [0.29, 0.717) is 6.54 Å². The molecule has 2 nitrogen and oxygen atoms in total. The highest BCUT2D eigenvalue weighted by molar-refractivity contribution is 8.77. The maximum atomic E-state index is 12.0. The number of carbonyl (C=O) groups excluding carboxylic acids is 1. The van der Waals surface area contributed by atoms with Gasteiger partial charge in [-0.2, -0.15) is 0 Å². The Morgan fingerprint density at radius 3 is 2.40 bits per heavy atom. The lowest BCUT2D eigenvalue weighted by Crippen LogP contribution is -2.30. The molecule has 0 aliphatic heterocycles. The molecule has 1 aromatic rings. The van der Waals surface area contributed by atoms with E-state index in [4.69, 9.17) is 0 Å². The van der Waals surface area contributed by atoms with Crippen LogP contribution in [-0.2, 0) is 11.3 Å². The Labute approximate surface area is 131 Å². The van der Waals surface area contributed by atoms with Crippen LogP contribution in [-0.4, -0.2) is 22.6 Å². The molecule has 0 fully saturated rings. The highest BCUT2D eigenvalue weighted by Gasteiger charge is 2.16. The van der Waals surface area contributed by atoms with Gasteiger partial charge in [0.1, 0.15) is 0 Å². The third kappa shape index (κ3) is 5.80. The van der Waals surface area contributed by atoms with Gasteiger partial charge >= 0.3 is 0 Å². The maximum absolute atomic E-state index is 12.0. The van der Waals surface area contributed by atoms with Crippen molar-refractivity contribution in [1.82, 2.24) is 4.90 Å². The Balaban J connectivity index is 2.78. The second-order valence-corrected chi connectivity index (χ2v) is 9.23. The molecule has 1 amide bonds. The number of benzene rings is 1. The molecule has 4 heteroatoms. The van der Waals surface area contributed by atoms with Gasteiger partial charge in [0.2, 0.25) is 5.91 Å². The van der Waals surface area contributed by atoms with Crippen LogP contribution in [0.2, 0.25) is 0 Å². The predicted octanol–water partition coefficient (Wildman–Crippen LogP) is 4.84. The van der Waals surface area contributed by atoms with Crippen molar-refractivity contribution in [1.29, 1.82) is 0 Å². The highest BCUT2D eigenvalue weighted by atomic mass is 33.1. The molecular formula is C16H25NOS2. The van der Waals surface area contributed by atoms with Crippen molar-refractivity contribution >= 4 is 27.5 Å². The molecule has 0 bridgehead atoms. The Morgan fingerprint density at radius 1 is 1.25 bits per heavy atom. The summed E-state index contributed by atoms with van der Waals surface area (Å²) in [5, 5.41) is 0. The summed E-state index contributed by atoms with van der Waals surface area (Å²) in [6, 6.07) is 8.33. The predicted molar refractivity (Wildman–Crippen MR) is 91.0 cm³/mol. The van der Waals surface area contributed by atoms with Crippen LogP contribution in [0.4, 0.5) is 0 Å². The van der Waals surface area contributed by atoms with E-state index in [2.05, 4.69) is 39.0 Å². The lowest BCUT2D eigenvalue weighted by Gasteiger charge is -2.22. The average Bonchev–Trinajstić information content (AvgIpc) is 2.35. The summed E-state index contributed by atoms with van der Waals surface area (Å²) in [6.45, 7) is 11.2. The molecule has 0 spiro atoms. The second kappa shape index (κ2) is 7.41. The summed E-state index contributed by atoms with van der Waals surface area (Å²) in [5.41, 5.74) is 1.21. The molecular weight excluding hydrogens is 286 g/mol. The van der Waals surface area contributed by atoms with Gasteiger partial charge in [-0.25, -0.2) is 0 Å². The minimum Gasteiger partial charge on any atom is -0.341 e. The van der Waals surface area contributed by atoms with Crippen LogP contribution in [0.15, 0.2) is 29.2 Å². The van der Waals surface area contributed by atoms with Crippen molar-refractivity contribution in [3.8, 4) is 0 Å². The lowest BCUT2D eigenvalue weighted by molar-refractivity contribution is -0.133. The molecule has 0 aliphatic carbocycles. The van der Waals surface area contributed by atoms with Crippen LogP contribution in [0.25, 0.3) is 0 Å². The summed E-state index contributed by atoms with van der Waals surface area (Å²) in [7, 11) is 5.53. The van der Waals surface area contributed by atoms with Crippen LogP contribution in [0.1, 0.15) is 40.2 Å². The van der Waals surface area contributed by atoms with Crippen molar-refractivity contribution < 1.29 is 4.79 Å². The molecule has 0 radical (unpaired) electrons. The molecule has 20 heavy (non-hydrogen) atoms. The van der Waals surface area contributed by atoms with E-state index in [9.17, 15) is 4.79 Å². The molecule has 0 N–H and O–H groups in total. The smallest absolute Gasteiger partial charge is 0.225 e. The Kier molecular flexibility index (Phi) is 6.46. The SMILES string of the molecule is CC(C)C(=O)N(C)Cc1ccccc1SSC(C)(C)C. The van der Waals surface area contributed by atoms with E-state index in [1.165, 1.54) is 10.5 Å². The van der Waals surface area contributed by atoms with Gasteiger partial charge in [-0.15, -0.1) is 0 Å². The Morgan fingerprint density at radius 2 is 1.85 bits per heavy atom. The number of carbonyl (C=O) groups is 1. The van der Waals surface area contributed by atoms with Gasteiger partial charge in [0.05, 0.1) is 0 Å². The van der Waals surface area contributed by atoms with Gasteiger partial charge in [0.25, 0.3) is 0 Å². The van der Waals surface area contributed by atoms with E-state index in [0.717, 1.165) is 0 Å². The topological polar surface area (TPSA) is 20.3 Å². The lowest BCUT2D eigenvalue weighted by atomic mass is 10.1. The van der Waals surface area contributed by atoms with E-state index in [1.54, 1.807) is 10.8 Å². The summed E-state index contributed by atoms with van der Waals surface area (Å²) >= 11 is 0. The van der Waals surface area contributed by atoms with Gasteiger partial charge in [-0.1, -0.05) is 74.4 Å². The molecule has 0 saturated heterocycles. The van der Waals surface area contributed by atoms with Crippen LogP contribution < -0.4 is 0 Å². The van der Waals surface area contributed by atoms with E-state index in [-0.39, 0.29) is 16.6 Å². The monoisotopic (exact) mass is 311 g/mol. The number of nitrogens with zero attached hydrogens (tertiary/aromatic N) is 1. The molecule has 0 unspecified atom stereocenters. The fourth-order valence-corrected chi connectivity index (χ4v) is 3.88. The zero-order valence-electron chi connectivity index (χ0n) is 13.3. The average molecular weight is 312 g/mol. The van der Waals surface area contributed by atoms with Crippen molar-refractivity contribution in [2.45, 2.75) is 50.8 Å². The summed E-state index contributed by atoms with van der Waals surface area (Å²) < 4.78 is 0.220. The summed E-state index contributed by atoms with van der Waals surface area (Å²) in [6.07, 6.45) is 0. The first-order valence-electron chi connectivity index (χ1n) is 6.89. The number of amides is 1. The number of hydrogen-bond acceptors (Lipinski definition) is 3. The minimum absolute atomic E-state index is 0.0452. The quantitative estimate of drug-likeness (QED) is 0.726. The van der Waals surface area contributed by atoms with E-state index in [1.807, 2.05) is 42.7 Å². The summed E-state index contributed by atoms with van der Waals surface area (Å²) in [4.78, 5) is 15.0. The van der Waals surface area contributed by atoms with Crippen LogP contribution >= 0.6 is 21.6 Å². The largest absolute Gasteiger partial charge is 0.341 e. The van der Waals surface area contributed by atoms with Crippen molar-refractivity contribution in [3.05, 3.63) is 29.8 Å². The van der Waals surface area contributed by atoms with E-state index < -0.39 is 0 Å². The van der Waals surface area contributed by atoms with Gasteiger partial charge in [0, 0.05) is 29.2 Å². The fraction of sp³-hybridized carbons (Fsp3) is 0.562. The number of hydrogen-bond donors (Lipinski definition) is 0. The first kappa shape index (κ1) is 17.4. The molecule has 1 rings (SSSR count). The van der Waals surface area contributed by atoms with Crippen LogP contribution in [0, 0.1) is 5.92 Å². The van der Waals surface area contributed by atoms with Gasteiger partial charge in [-0.05, 0) is 11.6 Å². The molecule has 112 valence electrons. The third-order valence-electron chi connectivity index (χ3n) is 2.63. The standard InChI is InChI=1S/C16H25NOS2/c1-12(2)15(18)17(6)11-13-9-7-8-10-14(13)19-20-16(3,4)5/h7-10,12H,11H2,1-6H3. The molecule has 0 saturated carbocycles. The zero-order chi connectivity index (χ0) is 15.3.